The molecule has 3 aromatic rings. The number of furan rings is 1. The van der Waals surface area contributed by atoms with Crippen LogP contribution in [-0.2, 0) is 0 Å². The summed E-state index contributed by atoms with van der Waals surface area (Å²) in [4.78, 5) is 12.2. The van der Waals surface area contributed by atoms with E-state index in [0.29, 0.717) is 15.7 Å². The van der Waals surface area contributed by atoms with Gasteiger partial charge >= 0.3 is 0 Å². The quantitative estimate of drug-likeness (QED) is 0.716. The zero-order chi connectivity index (χ0) is 15.0. The van der Waals surface area contributed by atoms with Crippen molar-refractivity contribution in [2.24, 2.45) is 0 Å². The normalized spacial score (nSPS) is 10.8. The van der Waals surface area contributed by atoms with Gasteiger partial charge in [-0.2, -0.15) is 0 Å². The Bertz CT molecular complexity index is 841. The zero-order valence-electron chi connectivity index (χ0n) is 11.1. The molecule has 106 valence electrons. The maximum Gasteiger partial charge on any atom is 0.291 e. The summed E-state index contributed by atoms with van der Waals surface area (Å²) in [6.45, 7) is 1.97. The minimum atomic E-state index is -0.422. The molecule has 21 heavy (non-hydrogen) atoms. The smallest absolute Gasteiger partial charge is 0.291 e. The molecule has 0 aliphatic heterocycles. The second-order valence-electron chi connectivity index (χ2n) is 4.73. The minimum absolute atomic E-state index is 0.187. The highest BCUT2D eigenvalue weighted by Gasteiger charge is 2.14. The van der Waals surface area contributed by atoms with Crippen molar-refractivity contribution in [1.29, 1.82) is 0 Å². The van der Waals surface area contributed by atoms with Crippen LogP contribution in [0.15, 0.2) is 51.4 Å². The molecular weight excluding hydrogens is 337 g/mol. The van der Waals surface area contributed by atoms with Gasteiger partial charge in [-0.15, -0.1) is 0 Å². The van der Waals surface area contributed by atoms with Crippen LogP contribution in [0.25, 0.3) is 11.0 Å². The molecule has 0 spiro atoms. The van der Waals surface area contributed by atoms with Gasteiger partial charge in [0.15, 0.2) is 5.76 Å². The number of rotatable bonds is 2. The number of hydrogen-bond acceptors (Lipinski definition) is 2. The summed E-state index contributed by atoms with van der Waals surface area (Å²) >= 11 is 3.26. The predicted molar refractivity (Wildman–Crippen MR) is 83.0 cm³/mol. The molecule has 0 fully saturated rings. The van der Waals surface area contributed by atoms with Crippen LogP contribution in [0.2, 0.25) is 0 Å². The number of nitrogens with one attached hydrogen (secondary N) is 1. The number of aryl methyl sites for hydroxylation is 1. The second kappa shape index (κ2) is 5.33. The fraction of sp³-hybridized carbons (Fsp3) is 0.0625. The summed E-state index contributed by atoms with van der Waals surface area (Å²) in [5.74, 6) is -0.657. The van der Waals surface area contributed by atoms with Gasteiger partial charge in [-0.3, -0.25) is 4.79 Å². The molecule has 2 aromatic carbocycles. The largest absolute Gasteiger partial charge is 0.451 e. The number of anilines is 1. The Balaban J connectivity index is 1.91. The van der Waals surface area contributed by atoms with E-state index < -0.39 is 11.7 Å². The summed E-state index contributed by atoms with van der Waals surface area (Å²) in [5.41, 5.74) is 2.09. The third kappa shape index (κ3) is 2.83. The third-order valence-electron chi connectivity index (χ3n) is 3.07. The lowest BCUT2D eigenvalue weighted by Crippen LogP contribution is -2.11. The first-order chi connectivity index (χ1) is 10.0. The Morgan fingerprint density at radius 3 is 2.81 bits per heavy atom. The Hall–Kier alpha value is -2.14. The monoisotopic (exact) mass is 347 g/mol. The summed E-state index contributed by atoms with van der Waals surface area (Å²) < 4.78 is 19.3. The van der Waals surface area contributed by atoms with Crippen molar-refractivity contribution in [3.63, 3.8) is 0 Å². The number of halogens is 2. The number of carbonyl (C=O) groups is 1. The van der Waals surface area contributed by atoms with Crippen LogP contribution in [0.5, 0.6) is 0 Å². The van der Waals surface area contributed by atoms with Gasteiger partial charge in [0.2, 0.25) is 0 Å². The van der Waals surface area contributed by atoms with Crippen LogP contribution < -0.4 is 5.32 Å². The van der Waals surface area contributed by atoms with Crippen LogP contribution in [0.4, 0.5) is 10.1 Å². The first kappa shape index (κ1) is 13.8. The van der Waals surface area contributed by atoms with Crippen molar-refractivity contribution < 1.29 is 13.6 Å². The summed E-state index contributed by atoms with van der Waals surface area (Å²) in [6, 6.07) is 11.4. The van der Waals surface area contributed by atoms with Crippen LogP contribution in [-0.4, -0.2) is 5.91 Å². The van der Waals surface area contributed by atoms with Gasteiger partial charge < -0.3 is 9.73 Å². The van der Waals surface area contributed by atoms with E-state index in [1.807, 2.05) is 25.1 Å². The Morgan fingerprint density at radius 1 is 1.19 bits per heavy atom. The lowest BCUT2D eigenvalue weighted by molar-refractivity contribution is 0.0998. The van der Waals surface area contributed by atoms with Gasteiger partial charge in [-0.1, -0.05) is 11.6 Å². The van der Waals surface area contributed by atoms with E-state index in [4.69, 9.17) is 4.42 Å². The molecule has 0 atom stereocenters. The van der Waals surface area contributed by atoms with Gasteiger partial charge in [0.25, 0.3) is 5.91 Å². The fourth-order valence-corrected chi connectivity index (χ4v) is 2.40. The molecule has 0 aliphatic carbocycles. The predicted octanol–water partition coefficient (Wildman–Crippen LogP) is 4.90. The number of carbonyl (C=O) groups excluding carboxylic acids is 1. The van der Waals surface area contributed by atoms with Gasteiger partial charge in [-0.05, 0) is 59.3 Å². The molecule has 0 bridgehead atoms. The van der Waals surface area contributed by atoms with Crippen molar-refractivity contribution in [1.82, 2.24) is 0 Å². The molecule has 0 saturated heterocycles. The lowest BCUT2D eigenvalue weighted by Gasteiger charge is -2.05. The maximum atomic E-state index is 13.2. The summed E-state index contributed by atoms with van der Waals surface area (Å²) in [6.07, 6.45) is 0. The first-order valence-corrected chi connectivity index (χ1v) is 7.09. The molecule has 1 aromatic heterocycles. The van der Waals surface area contributed by atoms with Gasteiger partial charge in [0, 0.05) is 9.86 Å². The molecule has 1 heterocycles. The van der Waals surface area contributed by atoms with Crippen LogP contribution in [0.1, 0.15) is 16.1 Å². The molecule has 0 unspecified atom stereocenters. The SMILES string of the molecule is Cc1ccc2oc(C(=O)Nc3cc(F)ccc3Br)cc2c1. The van der Waals surface area contributed by atoms with E-state index in [2.05, 4.69) is 21.2 Å². The van der Waals surface area contributed by atoms with E-state index in [9.17, 15) is 9.18 Å². The van der Waals surface area contributed by atoms with Crippen molar-refractivity contribution in [2.75, 3.05) is 5.32 Å². The minimum Gasteiger partial charge on any atom is -0.451 e. The first-order valence-electron chi connectivity index (χ1n) is 6.29. The molecule has 0 saturated carbocycles. The summed E-state index contributed by atoms with van der Waals surface area (Å²) in [5, 5.41) is 3.48. The Labute approximate surface area is 128 Å². The standard InChI is InChI=1S/C16H11BrFNO2/c1-9-2-5-14-10(6-9)7-15(21-14)16(20)19-13-8-11(18)3-4-12(13)17/h2-8H,1H3,(H,19,20). The van der Waals surface area contributed by atoms with Crippen LogP contribution in [0.3, 0.4) is 0 Å². The topological polar surface area (TPSA) is 42.2 Å². The second-order valence-corrected chi connectivity index (χ2v) is 5.58. The molecule has 5 heteroatoms. The van der Waals surface area contributed by atoms with E-state index in [0.717, 1.165) is 10.9 Å². The van der Waals surface area contributed by atoms with E-state index >= 15 is 0 Å². The molecule has 0 radical (unpaired) electrons. The molecule has 3 nitrogen and oxygen atoms in total. The highest BCUT2D eigenvalue weighted by atomic mass is 79.9. The third-order valence-corrected chi connectivity index (χ3v) is 3.76. The average molecular weight is 348 g/mol. The van der Waals surface area contributed by atoms with Crippen LogP contribution >= 0.6 is 15.9 Å². The van der Waals surface area contributed by atoms with E-state index in [-0.39, 0.29) is 5.76 Å². The number of hydrogen-bond donors (Lipinski definition) is 1. The Kier molecular flexibility index (Phi) is 3.51. The van der Waals surface area contributed by atoms with Crippen molar-refractivity contribution >= 4 is 38.5 Å². The fourth-order valence-electron chi connectivity index (χ4n) is 2.05. The molecule has 0 aliphatic rings. The van der Waals surface area contributed by atoms with Crippen molar-refractivity contribution in [3.05, 3.63) is 64.1 Å². The maximum absolute atomic E-state index is 13.2. The number of amides is 1. The average Bonchev–Trinajstić information content (AvgIpc) is 2.86. The molecule has 3 rings (SSSR count). The van der Waals surface area contributed by atoms with Crippen molar-refractivity contribution in [3.8, 4) is 0 Å². The van der Waals surface area contributed by atoms with Crippen LogP contribution in [0, 0.1) is 12.7 Å². The Morgan fingerprint density at radius 2 is 2.00 bits per heavy atom. The molecule has 1 N–H and O–H groups in total. The van der Waals surface area contributed by atoms with E-state index in [1.54, 1.807) is 6.07 Å². The lowest BCUT2D eigenvalue weighted by atomic mass is 10.2. The van der Waals surface area contributed by atoms with Gasteiger partial charge in [0.1, 0.15) is 11.4 Å². The van der Waals surface area contributed by atoms with Gasteiger partial charge in [0.05, 0.1) is 5.69 Å². The van der Waals surface area contributed by atoms with Crippen molar-refractivity contribution in [2.45, 2.75) is 6.92 Å². The molecular formula is C16H11BrFNO2. The highest BCUT2D eigenvalue weighted by Crippen LogP contribution is 2.25. The number of benzene rings is 2. The highest BCUT2D eigenvalue weighted by molar-refractivity contribution is 9.10. The summed E-state index contributed by atoms with van der Waals surface area (Å²) in [7, 11) is 0. The zero-order valence-corrected chi connectivity index (χ0v) is 12.7. The molecule has 1 amide bonds. The van der Waals surface area contributed by atoms with E-state index in [1.165, 1.54) is 18.2 Å². The van der Waals surface area contributed by atoms with Gasteiger partial charge in [-0.25, -0.2) is 4.39 Å². The number of fused-ring (bicyclic) bond motifs is 1.